The Kier molecular flexibility index (Phi) is 6.81. The summed E-state index contributed by atoms with van der Waals surface area (Å²) in [6, 6.07) is 0.569. The van der Waals surface area contributed by atoms with Crippen molar-refractivity contribution >= 4 is 5.96 Å². The lowest BCUT2D eigenvalue weighted by atomic mass is 9.84. The standard InChI is InChI=1S/C17H33N3O/c1-3-13-8-10-15(11-9-13)20-17(18-4-2)19-12-14-6-5-7-16(14)21/h13-16,21H,3-12H2,1-2H3,(H2,18,19,20). The maximum absolute atomic E-state index is 9.90. The Hall–Kier alpha value is -0.770. The first-order valence-electron chi connectivity index (χ1n) is 8.95. The number of hydrogen-bond donors (Lipinski definition) is 3. The van der Waals surface area contributed by atoms with Gasteiger partial charge in [-0.15, -0.1) is 0 Å². The third kappa shape index (κ3) is 5.17. The zero-order chi connectivity index (χ0) is 15.1. The van der Waals surface area contributed by atoms with Crippen molar-refractivity contribution < 1.29 is 5.11 Å². The van der Waals surface area contributed by atoms with Gasteiger partial charge in [0.2, 0.25) is 0 Å². The Morgan fingerprint density at radius 2 is 1.86 bits per heavy atom. The second-order valence-corrected chi connectivity index (χ2v) is 6.75. The quantitative estimate of drug-likeness (QED) is 0.540. The van der Waals surface area contributed by atoms with Crippen molar-refractivity contribution in [2.45, 2.75) is 77.4 Å². The summed E-state index contributed by atoms with van der Waals surface area (Å²) in [5, 5.41) is 16.8. The fourth-order valence-corrected chi connectivity index (χ4v) is 3.67. The Morgan fingerprint density at radius 1 is 1.10 bits per heavy atom. The Balaban J connectivity index is 1.80. The number of aliphatic imine (C=N–C) groups is 1. The van der Waals surface area contributed by atoms with Crippen LogP contribution in [0.1, 0.15) is 65.2 Å². The van der Waals surface area contributed by atoms with Crippen LogP contribution in [0.25, 0.3) is 0 Å². The molecule has 2 aliphatic rings. The van der Waals surface area contributed by atoms with Crippen LogP contribution in [0.5, 0.6) is 0 Å². The minimum Gasteiger partial charge on any atom is -0.393 e. The molecule has 21 heavy (non-hydrogen) atoms. The highest BCUT2D eigenvalue weighted by atomic mass is 16.3. The van der Waals surface area contributed by atoms with Crippen molar-refractivity contribution in [2.24, 2.45) is 16.8 Å². The normalized spacial score (nSPS) is 34.0. The number of rotatable bonds is 5. The fourth-order valence-electron chi connectivity index (χ4n) is 3.67. The first-order valence-corrected chi connectivity index (χ1v) is 8.95. The molecule has 2 atom stereocenters. The highest BCUT2D eigenvalue weighted by Gasteiger charge is 2.25. The summed E-state index contributed by atoms with van der Waals surface area (Å²) in [6.45, 7) is 6.05. The molecule has 2 rings (SSSR count). The predicted molar refractivity (Wildman–Crippen MR) is 88.5 cm³/mol. The van der Waals surface area contributed by atoms with Gasteiger partial charge in [-0.05, 0) is 51.4 Å². The topological polar surface area (TPSA) is 56.7 Å². The molecular formula is C17H33N3O. The van der Waals surface area contributed by atoms with Crippen LogP contribution in [-0.2, 0) is 0 Å². The van der Waals surface area contributed by atoms with Crippen LogP contribution in [0.3, 0.4) is 0 Å². The van der Waals surface area contributed by atoms with Crippen LogP contribution in [-0.4, -0.2) is 36.3 Å². The van der Waals surface area contributed by atoms with E-state index in [1.165, 1.54) is 32.1 Å². The SMILES string of the molecule is CCNC(=NCC1CCCC1O)NC1CCC(CC)CC1. The summed E-state index contributed by atoms with van der Waals surface area (Å²) >= 11 is 0. The summed E-state index contributed by atoms with van der Waals surface area (Å²) in [7, 11) is 0. The summed E-state index contributed by atoms with van der Waals surface area (Å²) in [5.74, 6) is 2.23. The Labute approximate surface area is 129 Å². The molecule has 0 spiro atoms. The molecule has 2 unspecified atom stereocenters. The highest BCUT2D eigenvalue weighted by molar-refractivity contribution is 5.80. The van der Waals surface area contributed by atoms with Gasteiger partial charge >= 0.3 is 0 Å². The van der Waals surface area contributed by atoms with Gasteiger partial charge in [-0.1, -0.05) is 19.8 Å². The number of hydrogen-bond acceptors (Lipinski definition) is 2. The molecule has 0 amide bonds. The average Bonchev–Trinajstić information content (AvgIpc) is 2.91. The zero-order valence-corrected chi connectivity index (χ0v) is 13.8. The van der Waals surface area contributed by atoms with E-state index in [2.05, 4.69) is 24.5 Å². The maximum Gasteiger partial charge on any atom is 0.191 e. The van der Waals surface area contributed by atoms with Gasteiger partial charge in [0.05, 0.1) is 6.10 Å². The lowest BCUT2D eigenvalue weighted by molar-refractivity contribution is 0.136. The van der Waals surface area contributed by atoms with Gasteiger partial charge in [0.25, 0.3) is 0 Å². The number of guanidine groups is 1. The van der Waals surface area contributed by atoms with Crippen molar-refractivity contribution in [3.05, 3.63) is 0 Å². The summed E-state index contributed by atoms with van der Waals surface area (Å²) in [6.07, 6.45) is 9.59. The van der Waals surface area contributed by atoms with E-state index < -0.39 is 0 Å². The molecule has 0 heterocycles. The molecule has 0 aliphatic heterocycles. The summed E-state index contributed by atoms with van der Waals surface area (Å²) in [4.78, 5) is 4.71. The smallest absolute Gasteiger partial charge is 0.191 e. The number of nitrogens with one attached hydrogen (secondary N) is 2. The van der Waals surface area contributed by atoms with Gasteiger partial charge in [-0.3, -0.25) is 4.99 Å². The van der Waals surface area contributed by atoms with Gasteiger partial charge < -0.3 is 15.7 Å². The van der Waals surface area contributed by atoms with E-state index >= 15 is 0 Å². The van der Waals surface area contributed by atoms with Gasteiger partial charge in [0.15, 0.2) is 5.96 Å². The van der Waals surface area contributed by atoms with Crippen LogP contribution in [0.4, 0.5) is 0 Å². The number of nitrogens with zero attached hydrogens (tertiary/aromatic N) is 1. The number of aliphatic hydroxyl groups excluding tert-OH is 1. The molecule has 2 aliphatic carbocycles. The highest BCUT2D eigenvalue weighted by Crippen LogP contribution is 2.27. The Morgan fingerprint density at radius 3 is 2.43 bits per heavy atom. The van der Waals surface area contributed by atoms with E-state index in [0.29, 0.717) is 12.0 Å². The lowest BCUT2D eigenvalue weighted by Crippen LogP contribution is -2.45. The van der Waals surface area contributed by atoms with Gasteiger partial charge in [0.1, 0.15) is 0 Å². The monoisotopic (exact) mass is 295 g/mol. The fraction of sp³-hybridized carbons (Fsp3) is 0.941. The van der Waals surface area contributed by atoms with Crippen molar-refractivity contribution in [2.75, 3.05) is 13.1 Å². The summed E-state index contributed by atoms with van der Waals surface area (Å²) < 4.78 is 0. The molecule has 0 aromatic rings. The van der Waals surface area contributed by atoms with Crippen molar-refractivity contribution in [1.29, 1.82) is 0 Å². The van der Waals surface area contributed by atoms with Crippen LogP contribution in [0.15, 0.2) is 4.99 Å². The minimum absolute atomic E-state index is 0.142. The average molecular weight is 295 g/mol. The van der Waals surface area contributed by atoms with Gasteiger partial charge in [-0.2, -0.15) is 0 Å². The zero-order valence-electron chi connectivity index (χ0n) is 13.8. The molecule has 122 valence electrons. The Bertz CT molecular complexity index is 324. The van der Waals surface area contributed by atoms with Crippen LogP contribution in [0, 0.1) is 11.8 Å². The first kappa shape index (κ1) is 16.6. The molecule has 0 saturated heterocycles. The van der Waals surface area contributed by atoms with Crippen molar-refractivity contribution in [1.82, 2.24) is 10.6 Å². The van der Waals surface area contributed by atoms with Crippen LogP contribution >= 0.6 is 0 Å². The molecule has 4 nitrogen and oxygen atoms in total. The molecule has 0 aromatic heterocycles. The van der Waals surface area contributed by atoms with Gasteiger partial charge in [0, 0.05) is 25.0 Å². The van der Waals surface area contributed by atoms with Crippen LogP contribution < -0.4 is 10.6 Å². The van der Waals surface area contributed by atoms with Gasteiger partial charge in [-0.25, -0.2) is 0 Å². The largest absolute Gasteiger partial charge is 0.393 e. The molecule has 0 radical (unpaired) electrons. The minimum atomic E-state index is -0.142. The first-order chi connectivity index (χ1) is 10.2. The van der Waals surface area contributed by atoms with E-state index in [4.69, 9.17) is 4.99 Å². The van der Waals surface area contributed by atoms with E-state index in [1.807, 2.05) is 0 Å². The van der Waals surface area contributed by atoms with Crippen molar-refractivity contribution in [3.8, 4) is 0 Å². The lowest BCUT2D eigenvalue weighted by Gasteiger charge is -2.29. The van der Waals surface area contributed by atoms with E-state index in [-0.39, 0.29) is 6.10 Å². The van der Waals surface area contributed by atoms with E-state index in [1.54, 1.807) is 0 Å². The summed E-state index contributed by atoms with van der Waals surface area (Å²) in [5.41, 5.74) is 0. The molecule has 0 bridgehead atoms. The maximum atomic E-state index is 9.90. The van der Waals surface area contributed by atoms with E-state index in [0.717, 1.165) is 44.2 Å². The van der Waals surface area contributed by atoms with E-state index in [9.17, 15) is 5.11 Å². The second kappa shape index (κ2) is 8.62. The number of aliphatic hydroxyl groups is 1. The molecule has 3 N–H and O–H groups in total. The predicted octanol–water partition coefficient (Wildman–Crippen LogP) is 2.67. The molecule has 4 heteroatoms. The van der Waals surface area contributed by atoms with Crippen molar-refractivity contribution in [3.63, 3.8) is 0 Å². The van der Waals surface area contributed by atoms with Crippen LogP contribution in [0.2, 0.25) is 0 Å². The third-order valence-corrected chi connectivity index (χ3v) is 5.21. The molecular weight excluding hydrogens is 262 g/mol. The molecule has 0 aromatic carbocycles. The molecule has 2 saturated carbocycles. The second-order valence-electron chi connectivity index (χ2n) is 6.75. The third-order valence-electron chi connectivity index (χ3n) is 5.21. The molecule has 2 fully saturated rings.